The van der Waals surface area contributed by atoms with Crippen molar-refractivity contribution < 1.29 is 31.8 Å². The first-order valence-corrected chi connectivity index (χ1v) is 13.2. The fraction of sp³-hybridized carbons (Fsp3) is 0.360. The maximum Gasteiger partial charge on any atom is 0.418 e. The van der Waals surface area contributed by atoms with Crippen LogP contribution in [0, 0.1) is 5.82 Å². The first kappa shape index (κ1) is 27.5. The number of carbonyl (C=O) groups excluding carboxylic acids is 1. The minimum absolute atomic E-state index is 0.151. The molecule has 0 N–H and O–H groups in total. The Morgan fingerprint density at radius 2 is 2.05 bits per heavy atom. The van der Waals surface area contributed by atoms with Gasteiger partial charge in [0, 0.05) is 36.7 Å². The number of alkyl halides is 4. The highest BCUT2D eigenvalue weighted by Gasteiger charge is 2.50. The molecule has 8 nitrogen and oxygen atoms in total. The molecule has 0 bridgehead atoms. The van der Waals surface area contributed by atoms with Crippen molar-refractivity contribution in [2.75, 3.05) is 50.2 Å². The van der Waals surface area contributed by atoms with E-state index in [0.717, 1.165) is 12.1 Å². The fourth-order valence-electron chi connectivity index (χ4n) is 4.87. The van der Waals surface area contributed by atoms with Crippen LogP contribution in [0.2, 0.25) is 5.02 Å². The summed E-state index contributed by atoms with van der Waals surface area (Å²) in [6.07, 6.45) is -0.393. The Hall–Kier alpha value is -3.03. The number of halogens is 6. The van der Waals surface area contributed by atoms with Crippen LogP contribution in [0.5, 0.6) is 6.01 Å². The lowest BCUT2D eigenvalue weighted by molar-refractivity contribution is -0.164. The Bertz CT molecular complexity index is 1470. The highest BCUT2D eigenvalue weighted by molar-refractivity contribution is 9.09. The van der Waals surface area contributed by atoms with Crippen molar-refractivity contribution >= 4 is 50.2 Å². The summed E-state index contributed by atoms with van der Waals surface area (Å²) in [5, 5.41) is 0.144. The van der Waals surface area contributed by atoms with E-state index in [0.29, 0.717) is 38.2 Å². The Kier molecular flexibility index (Phi) is 7.42. The lowest BCUT2D eigenvalue weighted by Crippen LogP contribution is -2.72. The van der Waals surface area contributed by atoms with Crippen LogP contribution in [0.15, 0.2) is 36.5 Å². The summed E-state index contributed by atoms with van der Waals surface area (Å²) in [5.74, 6) is -0.939. The number of ether oxygens (including phenoxy) is 2. The Morgan fingerprint density at radius 1 is 1.28 bits per heavy atom. The van der Waals surface area contributed by atoms with Crippen molar-refractivity contribution in [2.24, 2.45) is 0 Å². The second kappa shape index (κ2) is 10.5. The van der Waals surface area contributed by atoms with E-state index in [1.165, 1.54) is 25.4 Å². The van der Waals surface area contributed by atoms with Gasteiger partial charge in [0.15, 0.2) is 5.82 Å². The van der Waals surface area contributed by atoms with Crippen LogP contribution in [-0.2, 0) is 15.7 Å². The average Bonchev–Trinajstić information content (AvgIpc) is 2.89. The molecule has 0 radical (unpaired) electrons. The van der Waals surface area contributed by atoms with Crippen LogP contribution in [0.25, 0.3) is 22.2 Å². The Labute approximate surface area is 233 Å². The van der Waals surface area contributed by atoms with Gasteiger partial charge in [-0.25, -0.2) is 4.39 Å². The summed E-state index contributed by atoms with van der Waals surface area (Å²) in [7, 11) is 1.30. The van der Waals surface area contributed by atoms with Gasteiger partial charge in [0.1, 0.15) is 22.6 Å². The normalized spacial score (nSPS) is 17.2. The number of hydrogen-bond acceptors (Lipinski definition) is 7. The molecule has 4 heterocycles. The number of hydrogen-bond donors (Lipinski definition) is 0. The molecule has 2 saturated heterocycles. The Morgan fingerprint density at radius 3 is 2.69 bits per heavy atom. The van der Waals surface area contributed by atoms with Crippen LogP contribution in [-0.4, -0.2) is 76.6 Å². The third-order valence-electron chi connectivity index (χ3n) is 6.69. The zero-order chi connectivity index (χ0) is 27.9. The van der Waals surface area contributed by atoms with Gasteiger partial charge in [0.2, 0.25) is 5.91 Å². The third kappa shape index (κ3) is 4.91. The van der Waals surface area contributed by atoms with E-state index in [9.17, 15) is 18.0 Å². The number of allylic oxidation sites excluding steroid dienone is 1. The van der Waals surface area contributed by atoms with E-state index in [2.05, 4.69) is 30.9 Å². The van der Waals surface area contributed by atoms with E-state index in [1.807, 2.05) is 4.90 Å². The molecule has 1 amide bonds. The topological polar surface area (TPSA) is 80.7 Å². The van der Waals surface area contributed by atoms with Gasteiger partial charge in [-0.2, -0.15) is 23.1 Å². The molecule has 0 aliphatic carbocycles. The molecule has 5 rings (SSSR count). The molecule has 39 heavy (non-hydrogen) atoms. The van der Waals surface area contributed by atoms with Crippen molar-refractivity contribution in [3.8, 4) is 17.3 Å². The van der Waals surface area contributed by atoms with Gasteiger partial charge in [0.05, 0.1) is 36.3 Å². The molecule has 0 atom stereocenters. The van der Waals surface area contributed by atoms with Crippen LogP contribution in [0.4, 0.5) is 23.4 Å². The van der Waals surface area contributed by atoms with E-state index in [1.54, 1.807) is 11.0 Å². The molecule has 2 fully saturated rings. The van der Waals surface area contributed by atoms with Crippen molar-refractivity contribution in [3.63, 3.8) is 0 Å². The number of nitrogens with zero attached hydrogens (tertiary/aromatic N) is 5. The molecule has 0 saturated carbocycles. The summed E-state index contributed by atoms with van der Waals surface area (Å²) >= 11 is 9.12. The number of anilines is 1. The van der Waals surface area contributed by atoms with Crippen molar-refractivity contribution in [3.05, 3.63) is 53.0 Å². The number of aromatic nitrogens is 3. The zero-order valence-corrected chi connectivity index (χ0v) is 22.8. The molecular weight excluding hydrogens is 610 g/mol. The quantitative estimate of drug-likeness (QED) is 0.226. The number of pyridine rings is 1. The summed E-state index contributed by atoms with van der Waals surface area (Å²) in [6.45, 7) is 1.63. The zero-order valence-electron chi connectivity index (χ0n) is 20.4. The van der Waals surface area contributed by atoms with Gasteiger partial charge in [-0.3, -0.25) is 9.78 Å². The number of piperazine rings is 1. The van der Waals surface area contributed by atoms with E-state index < -0.39 is 39.4 Å². The number of carbonyl (C=O) groups is 1. The molecule has 2 aliphatic rings. The van der Waals surface area contributed by atoms with Gasteiger partial charge in [-0.1, -0.05) is 45.7 Å². The second-order valence-corrected chi connectivity index (χ2v) is 10.1. The maximum absolute atomic E-state index is 15.9. The highest BCUT2D eigenvalue weighted by atomic mass is 79.9. The molecule has 3 aromatic rings. The van der Waals surface area contributed by atoms with Gasteiger partial charge in [-0.15, -0.1) is 0 Å². The SMILES string of the molecule is COc1nc(N2CCN(C(=O)/C=C/CBr)C3(COC3)C2)c2cnc(-c3cccc(Cl)c3C(F)(F)F)c(F)c2n1. The van der Waals surface area contributed by atoms with E-state index >= 15 is 4.39 Å². The Balaban J connectivity index is 1.59. The van der Waals surface area contributed by atoms with Crippen LogP contribution >= 0.6 is 27.5 Å². The van der Waals surface area contributed by atoms with Crippen LogP contribution in [0.1, 0.15) is 5.56 Å². The van der Waals surface area contributed by atoms with Crippen LogP contribution in [0.3, 0.4) is 0 Å². The number of rotatable bonds is 5. The first-order valence-electron chi connectivity index (χ1n) is 11.7. The number of methoxy groups -OCH3 is 1. The van der Waals surface area contributed by atoms with Crippen molar-refractivity contribution in [1.82, 2.24) is 19.9 Å². The first-order chi connectivity index (χ1) is 18.6. The summed E-state index contributed by atoms with van der Waals surface area (Å²) in [5.41, 5.74) is -3.14. The van der Waals surface area contributed by atoms with Crippen molar-refractivity contribution in [1.29, 1.82) is 0 Å². The van der Waals surface area contributed by atoms with Gasteiger partial charge in [-0.05, 0) is 12.1 Å². The summed E-state index contributed by atoms with van der Waals surface area (Å²) in [6, 6.07) is 3.30. The summed E-state index contributed by atoms with van der Waals surface area (Å²) < 4.78 is 68.0. The number of benzene rings is 1. The standard InChI is InChI=1S/C25H21BrClF4N5O3/c1-38-23-33-21-15(10-32-20(19(21)28)14-4-2-5-16(27)18(14)25(29,30)31)22(34-23)35-8-9-36(17(37)6-3-7-26)24(11-35)12-39-13-24/h2-6,10H,7-9,11-13H2,1H3/b6-3+. The van der Waals surface area contributed by atoms with E-state index in [4.69, 9.17) is 21.1 Å². The highest BCUT2D eigenvalue weighted by Crippen LogP contribution is 2.43. The largest absolute Gasteiger partial charge is 0.467 e. The lowest BCUT2D eigenvalue weighted by atomic mass is 9.91. The van der Waals surface area contributed by atoms with Gasteiger partial charge >= 0.3 is 12.2 Å². The molecule has 0 unspecified atom stereocenters. The monoisotopic (exact) mass is 629 g/mol. The van der Waals surface area contributed by atoms with Gasteiger partial charge < -0.3 is 19.3 Å². The van der Waals surface area contributed by atoms with E-state index in [-0.39, 0.29) is 28.6 Å². The number of fused-ring (bicyclic) bond motifs is 1. The van der Waals surface area contributed by atoms with Crippen molar-refractivity contribution in [2.45, 2.75) is 11.7 Å². The average molecular weight is 631 g/mol. The smallest absolute Gasteiger partial charge is 0.418 e. The molecular formula is C25H21BrClF4N5O3. The summed E-state index contributed by atoms with van der Waals surface area (Å²) in [4.78, 5) is 29.0. The fourth-order valence-corrected chi connectivity index (χ4v) is 5.34. The number of amides is 1. The lowest BCUT2D eigenvalue weighted by Gasteiger charge is -2.55. The molecule has 1 spiro atoms. The molecule has 2 aromatic heterocycles. The predicted molar refractivity (Wildman–Crippen MR) is 140 cm³/mol. The van der Waals surface area contributed by atoms with Crippen LogP contribution < -0.4 is 9.64 Å². The molecule has 1 aromatic carbocycles. The molecule has 14 heteroatoms. The minimum atomic E-state index is -4.84. The maximum atomic E-state index is 15.9. The third-order valence-corrected chi connectivity index (χ3v) is 7.37. The predicted octanol–water partition coefficient (Wildman–Crippen LogP) is 4.88. The minimum Gasteiger partial charge on any atom is -0.467 e. The van der Waals surface area contributed by atoms with Gasteiger partial charge in [0.25, 0.3) is 0 Å². The molecule has 206 valence electrons. The molecule has 2 aliphatic heterocycles. The second-order valence-electron chi connectivity index (χ2n) is 9.06.